The van der Waals surface area contributed by atoms with Crippen LogP contribution in [0, 0.1) is 13.8 Å². The Labute approximate surface area is 158 Å². The molecule has 0 atom stereocenters. The van der Waals surface area contributed by atoms with Crippen LogP contribution in [0.3, 0.4) is 0 Å². The molecule has 0 spiro atoms. The third-order valence-corrected chi connectivity index (χ3v) is 5.45. The highest BCUT2D eigenvalue weighted by atomic mass is 32.2. The Morgan fingerprint density at radius 1 is 1.11 bits per heavy atom. The van der Waals surface area contributed by atoms with Crippen LogP contribution in [0.25, 0.3) is 0 Å². The van der Waals surface area contributed by atoms with Crippen molar-refractivity contribution in [3.8, 4) is 11.5 Å². The number of nitrogens with zero attached hydrogens (tertiary/aromatic N) is 1. The van der Waals surface area contributed by atoms with Crippen molar-refractivity contribution < 1.29 is 22.7 Å². The molecule has 1 aliphatic rings. The number of fused-ring (bicyclic) bond motifs is 1. The molecule has 27 heavy (non-hydrogen) atoms. The molecular weight excluding hydrogens is 368 g/mol. The van der Waals surface area contributed by atoms with Crippen molar-refractivity contribution in [3.05, 3.63) is 53.1 Å². The Morgan fingerprint density at radius 3 is 2.59 bits per heavy atom. The number of sulfonamides is 1. The first-order valence-electron chi connectivity index (χ1n) is 8.48. The molecule has 0 aliphatic carbocycles. The summed E-state index contributed by atoms with van der Waals surface area (Å²) in [7, 11) is -3.48. The number of benzene rings is 2. The summed E-state index contributed by atoms with van der Waals surface area (Å²) in [5.41, 5.74) is 2.87. The molecule has 1 N–H and O–H groups in total. The number of carbonyl (C=O) groups is 1. The number of hydrogen-bond acceptors (Lipinski definition) is 5. The highest BCUT2D eigenvalue weighted by Gasteiger charge is 2.20. The van der Waals surface area contributed by atoms with E-state index in [0.717, 1.165) is 17.4 Å². The standard InChI is InChI=1S/C19H22N2O5S/c1-13-4-5-14(2)16(10-13)21(27(3,23)24)9-8-20-19(22)15-6-7-17-18(11-15)26-12-25-17/h4-7,10-11H,8-9,12H2,1-3H3,(H,20,22). The van der Waals surface area contributed by atoms with Gasteiger partial charge in [-0.2, -0.15) is 0 Å². The Balaban J connectivity index is 1.69. The van der Waals surface area contributed by atoms with E-state index in [2.05, 4.69) is 5.32 Å². The Kier molecular flexibility index (Phi) is 5.27. The highest BCUT2D eigenvalue weighted by molar-refractivity contribution is 7.92. The summed E-state index contributed by atoms with van der Waals surface area (Å²) in [6, 6.07) is 10.6. The van der Waals surface area contributed by atoms with Crippen LogP contribution in [-0.4, -0.2) is 40.5 Å². The van der Waals surface area contributed by atoms with Crippen LogP contribution in [0.15, 0.2) is 36.4 Å². The predicted molar refractivity (Wildman–Crippen MR) is 103 cm³/mol. The summed E-state index contributed by atoms with van der Waals surface area (Å²) < 4.78 is 36.3. The lowest BCUT2D eigenvalue weighted by Gasteiger charge is -2.24. The number of aryl methyl sites for hydroxylation is 2. The number of rotatable bonds is 6. The smallest absolute Gasteiger partial charge is 0.251 e. The molecule has 0 aromatic heterocycles. The Bertz CT molecular complexity index is 972. The van der Waals surface area contributed by atoms with Gasteiger partial charge in [0.15, 0.2) is 11.5 Å². The van der Waals surface area contributed by atoms with Gasteiger partial charge in [-0.05, 0) is 49.2 Å². The van der Waals surface area contributed by atoms with Gasteiger partial charge in [-0.1, -0.05) is 12.1 Å². The summed E-state index contributed by atoms with van der Waals surface area (Å²) in [4.78, 5) is 12.4. The lowest BCUT2D eigenvalue weighted by Crippen LogP contribution is -2.38. The second kappa shape index (κ2) is 7.48. The van der Waals surface area contributed by atoms with E-state index in [-0.39, 0.29) is 25.8 Å². The minimum atomic E-state index is -3.48. The van der Waals surface area contributed by atoms with Gasteiger partial charge in [0.05, 0.1) is 18.5 Å². The molecule has 2 aromatic rings. The lowest BCUT2D eigenvalue weighted by molar-refractivity contribution is 0.0954. The van der Waals surface area contributed by atoms with Gasteiger partial charge in [0.1, 0.15) is 0 Å². The first-order chi connectivity index (χ1) is 12.8. The Morgan fingerprint density at radius 2 is 1.85 bits per heavy atom. The summed E-state index contributed by atoms with van der Waals surface area (Å²) in [5, 5.41) is 2.76. The van der Waals surface area contributed by atoms with Crippen LogP contribution < -0.4 is 19.1 Å². The zero-order chi connectivity index (χ0) is 19.6. The summed E-state index contributed by atoms with van der Waals surface area (Å²) in [6.07, 6.45) is 1.16. The maximum atomic E-state index is 12.4. The van der Waals surface area contributed by atoms with E-state index in [4.69, 9.17) is 9.47 Å². The normalized spacial score (nSPS) is 12.7. The van der Waals surface area contributed by atoms with Crippen LogP contribution in [0.1, 0.15) is 21.5 Å². The maximum absolute atomic E-state index is 12.4. The molecule has 0 radical (unpaired) electrons. The van der Waals surface area contributed by atoms with Gasteiger partial charge < -0.3 is 14.8 Å². The zero-order valence-corrected chi connectivity index (χ0v) is 16.3. The lowest BCUT2D eigenvalue weighted by atomic mass is 10.1. The van der Waals surface area contributed by atoms with Crippen LogP contribution >= 0.6 is 0 Å². The second-order valence-electron chi connectivity index (χ2n) is 6.45. The SMILES string of the molecule is Cc1ccc(C)c(N(CCNC(=O)c2ccc3c(c2)OCO3)S(C)(=O)=O)c1. The number of anilines is 1. The minimum absolute atomic E-state index is 0.138. The van der Waals surface area contributed by atoms with Crippen molar-refractivity contribution in [2.75, 3.05) is 30.4 Å². The fraction of sp³-hybridized carbons (Fsp3) is 0.316. The summed E-state index contributed by atoms with van der Waals surface area (Å²) in [6.45, 7) is 4.22. The third-order valence-electron chi connectivity index (χ3n) is 4.27. The average Bonchev–Trinajstić information content (AvgIpc) is 3.07. The van der Waals surface area contributed by atoms with Crippen molar-refractivity contribution in [2.24, 2.45) is 0 Å². The predicted octanol–water partition coefficient (Wildman–Crippen LogP) is 2.23. The monoisotopic (exact) mass is 390 g/mol. The average molecular weight is 390 g/mol. The van der Waals surface area contributed by atoms with E-state index >= 15 is 0 Å². The van der Waals surface area contributed by atoms with Crippen molar-refractivity contribution >= 4 is 21.6 Å². The first-order valence-corrected chi connectivity index (χ1v) is 10.3. The van der Waals surface area contributed by atoms with E-state index in [0.29, 0.717) is 22.7 Å². The topological polar surface area (TPSA) is 84.9 Å². The number of nitrogens with one attached hydrogen (secondary N) is 1. The fourth-order valence-electron chi connectivity index (χ4n) is 2.86. The van der Waals surface area contributed by atoms with Gasteiger partial charge in [-0.25, -0.2) is 8.42 Å². The molecular formula is C19H22N2O5S. The number of amides is 1. The van der Waals surface area contributed by atoms with Gasteiger partial charge in [-0.3, -0.25) is 9.10 Å². The Hall–Kier alpha value is -2.74. The van der Waals surface area contributed by atoms with Gasteiger partial charge >= 0.3 is 0 Å². The molecule has 3 rings (SSSR count). The van der Waals surface area contributed by atoms with Crippen LogP contribution in [0.2, 0.25) is 0 Å². The van der Waals surface area contributed by atoms with Crippen molar-refractivity contribution in [2.45, 2.75) is 13.8 Å². The molecule has 0 fully saturated rings. The first kappa shape index (κ1) is 19.0. The molecule has 2 aromatic carbocycles. The molecule has 7 nitrogen and oxygen atoms in total. The molecule has 1 amide bonds. The zero-order valence-electron chi connectivity index (χ0n) is 15.5. The number of ether oxygens (including phenoxy) is 2. The van der Waals surface area contributed by atoms with Crippen LogP contribution in [0.5, 0.6) is 11.5 Å². The van der Waals surface area contributed by atoms with Crippen LogP contribution in [0.4, 0.5) is 5.69 Å². The molecule has 0 saturated carbocycles. The van der Waals surface area contributed by atoms with Gasteiger partial charge in [-0.15, -0.1) is 0 Å². The van der Waals surface area contributed by atoms with Crippen molar-refractivity contribution in [1.82, 2.24) is 5.32 Å². The summed E-state index contributed by atoms with van der Waals surface area (Å²) in [5.74, 6) is 0.822. The second-order valence-corrected chi connectivity index (χ2v) is 8.36. The molecule has 0 unspecified atom stereocenters. The number of carbonyl (C=O) groups excluding carboxylic acids is 1. The van der Waals surface area contributed by atoms with E-state index in [1.807, 2.05) is 32.0 Å². The molecule has 1 aliphatic heterocycles. The van der Waals surface area contributed by atoms with E-state index in [1.54, 1.807) is 18.2 Å². The van der Waals surface area contributed by atoms with Crippen LogP contribution in [-0.2, 0) is 10.0 Å². The van der Waals surface area contributed by atoms with Gasteiger partial charge in [0.2, 0.25) is 16.8 Å². The minimum Gasteiger partial charge on any atom is -0.454 e. The van der Waals surface area contributed by atoms with Crippen molar-refractivity contribution in [1.29, 1.82) is 0 Å². The molecule has 0 bridgehead atoms. The fourth-order valence-corrected chi connectivity index (χ4v) is 3.84. The largest absolute Gasteiger partial charge is 0.454 e. The molecule has 0 saturated heterocycles. The summed E-state index contributed by atoms with van der Waals surface area (Å²) >= 11 is 0. The van der Waals surface area contributed by atoms with Gasteiger partial charge in [0.25, 0.3) is 5.91 Å². The van der Waals surface area contributed by atoms with E-state index in [9.17, 15) is 13.2 Å². The quantitative estimate of drug-likeness (QED) is 0.818. The van der Waals surface area contributed by atoms with E-state index < -0.39 is 10.0 Å². The molecule has 8 heteroatoms. The highest BCUT2D eigenvalue weighted by Crippen LogP contribution is 2.32. The number of hydrogen-bond donors (Lipinski definition) is 1. The third kappa shape index (κ3) is 4.33. The van der Waals surface area contributed by atoms with E-state index in [1.165, 1.54) is 4.31 Å². The maximum Gasteiger partial charge on any atom is 0.251 e. The molecule has 144 valence electrons. The van der Waals surface area contributed by atoms with Gasteiger partial charge in [0, 0.05) is 12.1 Å². The molecule has 1 heterocycles. The van der Waals surface area contributed by atoms with Crippen molar-refractivity contribution in [3.63, 3.8) is 0 Å².